The molecule has 0 radical (unpaired) electrons. The zero-order valence-corrected chi connectivity index (χ0v) is 4.77. The number of nitrogens with two attached hydrogens (primary N) is 1. The third kappa shape index (κ3) is 3.51. The van der Waals surface area contributed by atoms with Gasteiger partial charge in [0.15, 0.2) is 0 Å². The lowest BCUT2D eigenvalue weighted by molar-refractivity contribution is 0.144. The molecular formula is C3H5NO3S. The summed E-state index contributed by atoms with van der Waals surface area (Å²) in [4.78, 5) is 10.0. The first kappa shape index (κ1) is 7.32. The summed E-state index contributed by atoms with van der Waals surface area (Å²) in [6, 6.07) is 0. The molecule has 0 bridgehead atoms. The minimum Gasteiger partial charge on any atom is -0.481 e. The van der Waals surface area contributed by atoms with Gasteiger partial charge in [0.05, 0.1) is 0 Å². The van der Waals surface area contributed by atoms with Crippen molar-refractivity contribution in [1.29, 1.82) is 0 Å². The van der Waals surface area contributed by atoms with Gasteiger partial charge < -0.3 is 9.84 Å². The second-order valence-corrected chi connectivity index (χ2v) is 1.43. The maximum Gasteiger partial charge on any atom is 0.390 e. The maximum absolute atomic E-state index is 10.0. The molecule has 0 aliphatic heterocycles. The highest BCUT2D eigenvalue weighted by atomic mass is 32.2. The van der Waals surface area contributed by atoms with Crippen LogP contribution < -0.4 is 5.14 Å². The first-order valence-electron chi connectivity index (χ1n) is 1.63. The lowest BCUT2D eigenvalue weighted by Gasteiger charge is -1.94. The predicted octanol–water partition coefficient (Wildman–Crippen LogP) is 0.759. The Balaban J connectivity index is 3.40. The monoisotopic (exact) mass is 135 g/mol. The van der Waals surface area contributed by atoms with Gasteiger partial charge in [-0.2, -0.15) is 0 Å². The van der Waals surface area contributed by atoms with Gasteiger partial charge in [-0.15, -0.1) is 0 Å². The predicted molar refractivity (Wildman–Crippen MR) is 30.0 cm³/mol. The Kier molecular flexibility index (Phi) is 3.05. The van der Waals surface area contributed by atoms with Crippen LogP contribution in [0, 0.1) is 0 Å². The van der Waals surface area contributed by atoms with Gasteiger partial charge >= 0.3 is 5.30 Å². The normalized spacial score (nSPS) is 8.12. The van der Waals surface area contributed by atoms with E-state index in [9.17, 15) is 4.79 Å². The average molecular weight is 135 g/mol. The van der Waals surface area contributed by atoms with Crippen molar-refractivity contribution in [3.05, 3.63) is 12.5 Å². The SMILES string of the molecule is C=C(O)OC(=O)SN. The zero-order valence-electron chi connectivity index (χ0n) is 3.96. The molecule has 0 aliphatic carbocycles. The first-order valence-corrected chi connectivity index (χ1v) is 2.51. The fourth-order valence-electron chi connectivity index (χ4n) is 0.120. The highest BCUT2D eigenvalue weighted by Gasteiger charge is 1.99. The number of aliphatic hydroxyl groups is 1. The molecule has 0 unspecified atom stereocenters. The number of carbonyl (C=O) groups excluding carboxylic acids is 1. The third-order valence-electron chi connectivity index (χ3n) is 0.297. The molecule has 4 nitrogen and oxygen atoms in total. The van der Waals surface area contributed by atoms with Gasteiger partial charge in [-0.3, -0.25) is 5.14 Å². The van der Waals surface area contributed by atoms with Crippen LogP contribution in [0.1, 0.15) is 0 Å². The summed E-state index contributed by atoms with van der Waals surface area (Å²) in [5.41, 5.74) is 0. The van der Waals surface area contributed by atoms with Crippen LogP contribution in [0.2, 0.25) is 0 Å². The molecule has 46 valence electrons. The molecule has 0 aliphatic rings. The number of hydrogen-bond donors (Lipinski definition) is 2. The number of aliphatic hydroxyl groups excluding tert-OH is 1. The van der Waals surface area contributed by atoms with Crippen molar-refractivity contribution in [3.63, 3.8) is 0 Å². The van der Waals surface area contributed by atoms with E-state index in [1.54, 1.807) is 0 Å². The summed E-state index contributed by atoms with van der Waals surface area (Å²) in [5.74, 6) is -0.645. The first-order chi connectivity index (χ1) is 3.66. The molecule has 0 aromatic rings. The summed E-state index contributed by atoms with van der Waals surface area (Å²) in [6.45, 7) is 2.89. The van der Waals surface area contributed by atoms with Gasteiger partial charge in [0, 0.05) is 11.9 Å². The van der Waals surface area contributed by atoms with Crippen LogP contribution in [-0.2, 0) is 4.74 Å². The van der Waals surface area contributed by atoms with E-state index in [0.717, 1.165) is 0 Å². The van der Waals surface area contributed by atoms with E-state index in [0.29, 0.717) is 11.9 Å². The van der Waals surface area contributed by atoms with E-state index in [4.69, 9.17) is 10.2 Å². The molecule has 0 saturated carbocycles. The molecule has 5 heteroatoms. The van der Waals surface area contributed by atoms with Gasteiger partial charge in [0.2, 0.25) is 0 Å². The number of carbonyl (C=O) groups is 1. The Bertz CT molecular complexity index is 113. The van der Waals surface area contributed by atoms with E-state index in [1.807, 2.05) is 0 Å². The Hall–Kier alpha value is -0.680. The van der Waals surface area contributed by atoms with Crippen LogP contribution in [0.4, 0.5) is 4.79 Å². The van der Waals surface area contributed by atoms with Crippen LogP contribution in [0.25, 0.3) is 0 Å². The Labute approximate surface area is 50.4 Å². The minimum absolute atomic E-state index is 0.371. The lowest BCUT2D eigenvalue weighted by atomic mass is 11.0. The lowest BCUT2D eigenvalue weighted by Crippen LogP contribution is -1.98. The van der Waals surface area contributed by atoms with Gasteiger partial charge in [-0.05, 0) is 6.58 Å². The Morgan fingerprint density at radius 1 is 1.88 bits per heavy atom. The van der Waals surface area contributed by atoms with Crippen LogP contribution in [0.15, 0.2) is 12.5 Å². The van der Waals surface area contributed by atoms with E-state index in [-0.39, 0.29) is 0 Å². The highest BCUT2D eigenvalue weighted by molar-refractivity contribution is 8.11. The molecule has 0 aromatic carbocycles. The molecule has 8 heavy (non-hydrogen) atoms. The van der Waals surface area contributed by atoms with Crippen molar-refractivity contribution < 1.29 is 14.6 Å². The highest BCUT2D eigenvalue weighted by Crippen LogP contribution is 1.97. The van der Waals surface area contributed by atoms with Crippen LogP contribution in [0.5, 0.6) is 0 Å². The minimum atomic E-state index is -0.780. The van der Waals surface area contributed by atoms with Crippen molar-refractivity contribution in [2.24, 2.45) is 5.14 Å². The van der Waals surface area contributed by atoms with Crippen molar-refractivity contribution >= 4 is 17.2 Å². The van der Waals surface area contributed by atoms with E-state index >= 15 is 0 Å². The maximum atomic E-state index is 10.0. The zero-order chi connectivity index (χ0) is 6.57. The van der Waals surface area contributed by atoms with Gasteiger partial charge in [-0.1, -0.05) is 0 Å². The standard InChI is InChI=1S/C3H5NO3S/c1-2(5)7-3(6)8-4/h5H,1,4H2. The summed E-state index contributed by atoms with van der Waals surface area (Å²) in [6.07, 6.45) is 0. The van der Waals surface area contributed by atoms with Crippen molar-refractivity contribution in [2.75, 3.05) is 0 Å². The molecule has 0 amide bonds. The van der Waals surface area contributed by atoms with E-state index < -0.39 is 11.2 Å². The molecule has 0 aromatic heterocycles. The van der Waals surface area contributed by atoms with E-state index in [1.165, 1.54) is 0 Å². The van der Waals surface area contributed by atoms with Crippen molar-refractivity contribution in [1.82, 2.24) is 0 Å². The molecule has 0 fully saturated rings. The van der Waals surface area contributed by atoms with Gasteiger partial charge in [0.25, 0.3) is 5.95 Å². The van der Waals surface area contributed by atoms with Crippen LogP contribution in [-0.4, -0.2) is 10.4 Å². The summed E-state index contributed by atoms with van der Waals surface area (Å²) >= 11 is 0.371. The molecule has 3 N–H and O–H groups in total. The fraction of sp³-hybridized carbons (Fsp3) is 0. The second kappa shape index (κ2) is 3.34. The average Bonchev–Trinajstić information content (AvgIpc) is 1.65. The molecule has 0 heterocycles. The summed E-state index contributed by atoms with van der Waals surface area (Å²) < 4.78 is 3.96. The molecule has 0 spiro atoms. The van der Waals surface area contributed by atoms with Crippen LogP contribution >= 0.6 is 11.9 Å². The smallest absolute Gasteiger partial charge is 0.390 e. The topological polar surface area (TPSA) is 72.5 Å². The van der Waals surface area contributed by atoms with Gasteiger partial charge in [0.1, 0.15) is 0 Å². The summed E-state index contributed by atoms with van der Waals surface area (Å²) in [7, 11) is 0. The van der Waals surface area contributed by atoms with Crippen LogP contribution in [0.3, 0.4) is 0 Å². The largest absolute Gasteiger partial charge is 0.481 e. The molecule has 0 atom stereocenters. The Morgan fingerprint density at radius 2 is 2.38 bits per heavy atom. The number of rotatable bonds is 1. The van der Waals surface area contributed by atoms with Gasteiger partial charge in [-0.25, -0.2) is 4.79 Å². The number of hydrogen-bond acceptors (Lipinski definition) is 5. The van der Waals surface area contributed by atoms with E-state index in [2.05, 4.69) is 11.3 Å². The third-order valence-corrected chi connectivity index (χ3v) is 0.573. The number of ether oxygens (including phenoxy) is 1. The second-order valence-electron chi connectivity index (χ2n) is 0.864. The molecule has 0 rings (SSSR count). The summed E-state index contributed by atoms with van der Waals surface area (Å²) in [5, 5.41) is 12.1. The quantitative estimate of drug-likeness (QED) is 0.315. The van der Waals surface area contributed by atoms with Crippen molar-refractivity contribution in [3.8, 4) is 0 Å². The van der Waals surface area contributed by atoms with Crippen molar-refractivity contribution in [2.45, 2.75) is 0 Å². The molecular weight excluding hydrogens is 130 g/mol. The Morgan fingerprint density at radius 3 is 2.50 bits per heavy atom. The fourth-order valence-corrected chi connectivity index (χ4v) is 0.265. The molecule has 0 saturated heterocycles.